The lowest BCUT2D eigenvalue weighted by molar-refractivity contribution is 0.0692. The van der Waals surface area contributed by atoms with Crippen LogP contribution in [-0.4, -0.2) is 38.4 Å². The Morgan fingerprint density at radius 2 is 1.75 bits per heavy atom. The van der Waals surface area contributed by atoms with Crippen molar-refractivity contribution in [3.8, 4) is 11.5 Å². The first-order valence-corrected chi connectivity index (χ1v) is 8.72. The summed E-state index contributed by atoms with van der Waals surface area (Å²) >= 11 is 1.09. The minimum atomic E-state index is -1.37. The molecule has 0 bridgehead atoms. The molecule has 0 atom stereocenters. The Hall–Kier alpha value is -3.53. The molecule has 28 heavy (non-hydrogen) atoms. The fourth-order valence-corrected chi connectivity index (χ4v) is 3.34. The van der Waals surface area contributed by atoms with E-state index in [0.29, 0.717) is 26.9 Å². The first-order valence-electron chi connectivity index (χ1n) is 7.91. The molecule has 0 spiro atoms. The summed E-state index contributed by atoms with van der Waals surface area (Å²) in [6.07, 6.45) is 0. The first-order chi connectivity index (χ1) is 13.3. The molecule has 3 aromatic rings. The second-order valence-electron chi connectivity index (χ2n) is 5.65. The van der Waals surface area contributed by atoms with E-state index in [0.717, 1.165) is 11.3 Å². The number of amides is 2. The highest BCUT2D eigenvalue weighted by molar-refractivity contribution is 7.22. The topological polar surface area (TPSA) is 118 Å². The van der Waals surface area contributed by atoms with Crippen molar-refractivity contribution in [2.75, 3.05) is 31.5 Å². The van der Waals surface area contributed by atoms with Crippen molar-refractivity contribution >= 4 is 44.3 Å². The molecule has 3 rings (SSSR count). The van der Waals surface area contributed by atoms with Crippen LogP contribution in [0.15, 0.2) is 39.5 Å². The lowest BCUT2D eigenvalue weighted by Crippen LogP contribution is -2.30. The number of urea groups is 1. The van der Waals surface area contributed by atoms with Crippen molar-refractivity contribution in [2.24, 2.45) is 0 Å². The third kappa shape index (κ3) is 3.76. The highest BCUT2D eigenvalue weighted by atomic mass is 32.1. The smallest absolute Gasteiger partial charge is 0.351 e. The third-order valence-corrected chi connectivity index (χ3v) is 4.89. The van der Waals surface area contributed by atoms with E-state index in [1.807, 2.05) is 0 Å². The summed E-state index contributed by atoms with van der Waals surface area (Å²) in [6.45, 7) is 0. The summed E-state index contributed by atoms with van der Waals surface area (Å²) in [6, 6.07) is 7.26. The van der Waals surface area contributed by atoms with E-state index in [2.05, 4.69) is 5.32 Å². The molecule has 0 saturated heterocycles. The fourth-order valence-electron chi connectivity index (χ4n) is 2.42. The minimum absolute atomic E-state index is 0.195. The zero-order valence-corrected chi connectivity index (χ0v) is 16.0. The van der Waals surface area contributed by atoms with Gasteiger partial charge in [-0.3, -0.25) is 10.2 Å². The normalized spacial score (nSPS) is 10.5. The average Bonchev–Trinajstić information content (AvgIpc) is 3.06. The first kappa shape index (κ1) is 19.2. The number of aromatic carboxylic acids is 1. The summed E-state index contributed by atoms with van der Waals surface area (Å²) in [4.78, 5) is 36.6. The van der Waals surface area contributed by atoms with Crippen LogP contribution < -0.4 is 25.3 Å². The molecule has 0 saturated carbocycles. The van der Waals surface area contributed by atoms with Gasteiger partial charge < -0.3 is 19.0 Å². The summed E-state index contributed by atoms with van der Waals surface area (Å²) in [5.74, 6) is -0.320. The molecule has 0 fully saturated rings. The number of anilines is 2. The third-order valence-electron chi connectivity index (χ3n) is 3.91. The van der Waals surface area contributed by atoms with Crippen LogP contribution in [0.4, 0.5) is 15.5 Å². The van der Waals surface area contributed by atoms with Crippen LogP contribution in [0.1, 0.15) is 10.4 Å². The number of fused-ring (bicyclic) bond motifs is 1. The molecule has 146 valence electrons. The van der Waals surface area contributed by atoms with Crippen LogP contribution in [0, 0.1) is 0 Å². The molecule has 0 aliphatic heterocycles. The van der Waals surface area contributed by atoms with Gasteiger partial charge in [-0.2, -0.15) is 0 Å². The van der Waals surface area contributed by atoms with Gasteiger partial charge in [-0.1, -0.05) is 0 Å². The second kappa shape index (κ2) is 7.61. The summed E-state index contributed by atoms with van der Waals surface area (Å²) in [7, 11) is 4.59. The van der Waals surface area contributed by atoms with Crippen LogP contribution in [-0.2, 0) is 0 Å². The number of ether oxygens (including phenoxy) is 2. The van der Waals surface area contributed by atoms with Crippen molar-refractivity contribution in [1.82, 2.24) is 0 Å². The molecular formula is C18H16N2O7S. The van der Waals surface area contributed by atoms with Gasteiger partial charge in [0.05, 0.1) is 24.6 Å². The molecule has 1 aromatic carbocycles. The highest BCUT2D eigenvalue weighted by Gasteiger charge is 2.17. The number of nitrogens with zero attached hydrogens (tertiary/aromatic N) is 1. The molecule has 2 amide bonds. The van der Waals surface area contributed by atoms with Gasteiger partial charge in [-0.15, -0.1) is 11.3 Å². The maximum atomic E-state index is 12.6. The van der Waals surface area contributed by atoms with Crippen LogP contribution in [0.2, 0.25) is 0 Å². The molecule has 0 aliphatic carbocycles. The number of carboxylic acid groups (broad SMARTS) is 1. The van der Waals surface area contributed by atoms with Gasteiger partial charge in [0.25, 0.3) is 0 Å². The summed E-state index contributed by atoms with van der Waals surface area (Å²) < 4.78 is 15.8. The SMILES string of the molecule is COc1cc(OC)cc(N(C)C(=O)Nc2cc3oc(=O)c(C(=O)O)cc3s2)c1. The number of rotatable bonds is 5. The second-order valence-corrected chi connectivity index (χ2v) is 6.74. The molecule has 2 heterocycles. The Morgan fingerprint density at radius 1 is 1.11 bits per heavy atom. The zero-order chi connectivity index (χ0) is 20.4. The van der Waals surface area contributed by atoms with Gasteiger partial charge in [-0.25, -0.2) is 14.4 Å². The van der Waals surface area contributed by atoms with Crippen LogP contribution in [0.25, 0.3) is 10.3 Å². The van der Waals surface area contributed by atoms with Gasteiger partial charge in [0.15, 0.2) is 5.58 Å². The lowest BCUT2D eigenvalue weighted by Gasteiger charge is -2.19. The number of methoxy groups -OCH3 is 2. The van der Waals surface area contributed by atoms with Gasteiger partial charge in [0, 0.05) is 31.3 Å². The fraction of sp³-hybridized carbons (Fsp3) is 0.167. The monoisotopic (exact) mass is 404 g/mol. The molecular weight excluding hydrogens is 388 g/mol. The van der Waals surface area contributed by atoms with Crippen molar-refractivity contribution in [1.29, 1.82) is 0 Å². The van der Waals surface area contributed by atoms with E-state index >= 15 is 0 Å². The summed E-state index contributed by atoms with van der Waals surface area (Å²) in [5.41, 5.74) is -0.681. The van der Waals surface area contributed by atoms with E-state index in [1.165, 1.54) is 31.3 Å². The van der Waals surface area contributed by atoms with Crippen LogP contribution in [0.5, 0.6) is 11.5 Å². The predicted molar refractivity (Wildman–Crippen MR) is 104 cm³/mol. The number of hydrogen-bond acceptors (Lipinski definition) is 7. The molecule has 0 unspecified atom stereocenters. The summed E-state index contributed by atoms with van der Waals surface area (Å²) in [5, 5.41) is 12.1. The Bertz CT molecular complexity index is 1100. The number of nitrogens with one attached hydrogen (secondary N) is 1. The van der Waals surface area contributed by atoms with Crippen molar-refractivity contribution in [2.45, 2.75) is 0 Å². The van der Waals surface area contributed by atoms with E-state index in [-0.39, 0.29) is 5.58 Å². The van der Waals surface area contributed by atoms with Gasteiger partial charge in [-0.05, 0) is 6.07 Å². The number of carboxylic acids is 1. The van der Waals surface area contributed by atoms with Gasteiger partial charge in [0.1, 0.15) is 22.1 Å². The maximum absolute atomic E-state index is 12.6. The Kier molecular flexibility index (Phi) is 5.23. The Morgan fingerprint density at radius 3 is 2.32 bits per heavy atom. The minimum Gasteiger partial charge on any atom is -0.497 e. The van der Waals surface area contributed by atoms with E-state index in [1.54, 1.807) is 25.2 Å². The van der Waals surface area contributed by atoms with Gasteiger partial charge >= 0.3 is 17.6 Å². The van der Waals surface area contributed by atoms with Crippen molar-refractivity contribution < 1.29 is 28.6 Å². The molecule has 0 aliphatic rings. The van der Waals surface area contributed by atoms with Crippen LogP contribution >= 0.6 is 11.3 Å². The standard InChI is InChI=1S/C18H16N2O7S/c1-20(9-4-10(25-2)6-11(5-9)26-3)18(24)19-15-8-13-14(28-15)7-12(16(21)22)17(23)27-13/h4-8H,1-3H3,(H,19,24)(H,21,22). The quantitative estimate of drug-likeness (QED) is 0.670. The number of thiophene rings is 1. The largest absolute Gasteiger partial charge is 0.497 e. The molecule has 9 nitrogen and oxygen atoms in total. The zero-order valence-electron chi connectivity index (χ0n) is 15.1. The van der Waals surface area contributed by atoms with Crippen LogP contribution in [0.3, 0.4) is 0 Å². The number of hydrogen-bond donors (Lipinski definition) is 2. The van der Waals surface area contributed by atoms with E-state index in [4.69, 9.17) is 19.0 Å². The predicted octanol–water partition coefficient (Wildman–Crippen LogP) is 3.24. The average molecular weight is 404 g/mol. The number of benzene rings is 1. The van der Waals surface area contributed by atoms with E-state index < -0.39 is 23.2 Å². The number of carbonyl (C=O) groups is 2. The maximum Gasteiger partial charge on any atom is 0.351 e. The number of carbonyl (C=O) groups excluding carboxylic acids is 1. The van der Waals surface area contributed by atoms with Gasteiger partial charge in [0.2, 0.25) is 0 Å². The molecule has 10 heteroatoms. The Labute approximate surface area is 162 Å². The van der Waals surface area contributed by atoms with Crippen molar-refractivity contribution in [3.05, 3.63) is 46.3 Å². The van der Waals surface area contributed by atoms with E-state index in [9.17, 15) is 14.4 Å². The molecule has 0 radical (unpaired) electrons. The Balaban J connectivity index is 1.86. The van der Waals surface area contributed by atoms with Crippen molar-refractivity contribution in [3.63, 3.8) is 0 Å². The highest BCUT2D eigenvalue weighted by Crippen LogP contribution is 2.31. The molecule has 2 N–H and O–H groups in total. The lowest BCUT2D eigenvalue weighted by atomic mass is 10.2. The molecule has 2 aromatic heterocycles.